The first-order valence-electron chi connectivity index (χ1n) is 6.88. The van der Waals surface area contributed by atoms with E-state index in [1.807, 2.05) is 4.90 Å². The minimum atomic E-state index is -0.726. The maximum Gasteiger partial charge on any atom is 0.303 e. The second-order valence-corrected chi connectivity index (χ2v) is 5.41. The van der Waals surface area contributed by atoms with Crippen LogP contribution in [0.4, 0.5) is 0 Å². The average Bonchev–Trinajstić information content (AvgIpc) is 2.39. The molecule has 1 unspecified atom stereocenters. The SMILES string of the molecule is O=C(O)CC1CCN(C(=O)C2CCCNC2)CC1. The van der Waals surface area contributed by atoms with Crippen LogP contribution < -0.4 is 5.32 Å². The van der Waals surface area contributed by atoms with Crippen LogP contribution in [-0.2, 0) is 9.59 Å². The van der Waals surface area contributed by atoms with Gasteiger partial charge in [-0.15, -0.1) is 0 Å². The molecule has 0 saturated carbocycles. The van der Waals surface area contributed by atoms with Crippen LogP contribution in [0.25, 0.3) is 0 Å². The summed E-state index contributed by atoms with van der Waals surface area (Å²) in [4.78, 5) is 24.8. The van der Waals surface area contributed by atoms with Crippen molar-refractivity contribution in [3.63, 3.8) is 0 Å². The third-order valence-corrected chi connectivity index (χ3v) is 4.04. The number of amides is 1. The first-order valence-corrected chi connectivity index (χ1v) is 6.88. The molecule has 2 aliphatic heterocycles. The minimum absolute atomic E-state index is 0.134. The van der Waals surface area contributed by atoms with Crippen molar-refractivity contribution in [2.75, 3.05) is 26.2 Å². The maximum absolute atomic E-state index is 12.3. The van der Waals surface area contributed by atoms with Gasteiger partial charge >= 0.3 is 5.97 Å². The van der Waals surface area contributed by atoms with Crippen LogP contribution in [0.1, 0.15) is 32.1 Å². The number of nitrogens with one attached hydrogen (secondary N) is 1. The number of carboxylic acid groups (broad SMARTS) is 1. The fourth-order valence-corrected chi connectivity index (χ4v) is 2.93. The summed E-state index contributed by atoms with van der Waals surface area (Å²) in [5, 5.41) is 12.0. The number of hydrogen-bond acceptors (Lipinski definition) is 3. The zero-order valence-electron chi connectivity index (χ0n) is 10.7. The molecule has 2 N–H and O–H groups in total. The molecule has 2 aliphatic rings. The van der Waals surface area contributed by atoms with E-state index in [0.717, 1.165) is 51.9 Å². The monoisotopic (exact) mass is 254 g/mol. The summed E-state index contributed by atoms with van der Waals surface area (Å²) in [6.45, 7) is 3.28. The molecule has 0 aromatic carbocycles. The largest absolute Gasteiger partial charge is 0.481 e. The Morgan fingerprint density at radius 3 is 2.50 bits per heavy atom. The molecular formula is C13H22N2O3. The molecule has 0 spiro atoms. The second kappa shape index (κ2) is 6.18. The lowest BCUT2D eigenvalue weighted by Gasteiger charge is -2.35. The van der Waals surface area contributed by atoms with Gasteiger partial charge in [0.15, 0.2) is 0 Å². The Balaban J connectivity index is 1.78. The number of likely N-dealkylation sites (tertiary alicyclic amines) is 1. The van der Waals surface area contributed by atoms with Crippen LogP contribution in [0.2, 0.25) is 0 Å². The van der Waals surface area contributed by atoms with Gasteiger partial charge in [-0.1, -0.05) is 0 Å². The molecule has 0 aromatic rings. The highest BCUT2D eigenvalue weighted by molar-refractivity contribution is 5.79. The molecule has 2 rings (SSSR count). The molecule has 2 fully saturated rings. The van der Waals surface area contributed by atoms with E-state index in [-0.39, 0.29) is 24.2 Å². The Morgan fingerprint density at radius 1 is 1.22 bits per heavy atom. The number of carboxylic acids is 1. The second-order valence-electron chi connectivity index (χ2n) is 5.41. The Labute approximate surface area is 108 Å². The van der Waals surface area contributed by atoms with Crippen molar-refractivity contribution in [1.82, 2.24) is 10.2 Å². The zero-order valence-corrected chi connectivity index (χ0v) is 10.7. The van der Waals surface area contributed by atoms with E-state index >= 15 is 0 Å². The summed E-state index contributed by atoms with van der Waals surface area (Å²) in [6.07, 6.45) is 3.97. The lowest BCUT2D eigenvalue weighted by atomic mass is 9.91. The van der Waals surface area contributed by atoms with Crippen LogP contribution >= 0.6 is 0 Å². The van der Waals surface area contributed by atoms with Gasteiger partial charge in [-0.2, -0.15) is 0 Å². The van der Waals surface area contributed by atoms with Gasteiger partial charge in [0.1, 0.15) is 0 Å². The van der Waals surface area contributed by atoms with Gasteiger partial charge < -0.3 is 15.3 Å². The molecule has 2 saturated heterocycles. The average molecular weight is 254 g/mol. The number of piperidine rings is 2. The Bertz CT molecular complexity index is 305. The molecule has 5 nitrogen and oxygen atoms in total. The van der Waals surface area contributed by atoms with Gasteiger partial charge in [0.2, 0.25) is 5.91 Å². The topological polar surface area (TPSA) is 69.6 Å². The standard InChI is InChI=1S/C13H22N2O3/c16-12(17)8-10-3-6-15(7-4-10)13(18)11-2-1-5-14-9-11/h10-11,14H,1-9H2,(H,16,17). The number of carbonyl (C=O) groups excluding carboxylic acids is 1. The molecule has 102 valence electrons. The Hall–Kier alpha value is -1.10. The summed E-state index contributed by atoms with van der Waals surface area (Å²) in [5.74, 6) is -0.0852. The van der Waals surface area contributed by atoms with Crippen molar-refractivity contribution in [3.8, 4) is 0 Å². The quantitative estimate of drug-likeness (QED) is 0.778. The fourth-order valence-electron chi connectivity index (χ4n) is 2.93. The molecule has 1 amide bonds. The van der Waals surface area contributed by atoms with Crippen molar-refractivity contribution in [2.24, 2.45) is 11.8 Å². The van der Waals surface area contributed by atoms with Crippen molar-refractivity contribution in [1.29, 1.82) is 0 Å². The van der Waals surface area contributed by atoms with Crippen LogP contribution in [0.15, 0.2) is 0 Å². The van der Waals surface area contributed by atoms with Crippen molar-refractivity contribution >= 4 is 11.9 Å². The van der Waals surface area contributed by atoms with E-state index in [2.05, 4.69) is 5.32 Å². The highest BCUT2D eigenvalue weighted by atomic mass is 16.4. The van der Waals surface area contributed by atoms with Crippen LogP contribution in [0, 0.1) is 11.8 Å². The van der Waals surface area contributed by atoms with Crippen molar-refractivity contribution < 1.29 is 14.7 Å². The number of hydrogen-bond donors (Lipinski definition) is 2. The molecule has 0 aromatic heterocycles. The van der Waals surface area contributed by atoms with Crippen LogP contribution in [0.3, 0.4) is 0 Å². The lowest BCUT2D eigenvalue weighted by Crippen LogP contribution is -2.46. The van der Waals surface area contributed by atoms with E-state index in [1.165, 1.54) is 0 Å². The molecule has 5 heteroatoms. The van der Waals surface area contributed by atoms with Gasteiger partial charge in [0.25, 0.3) is 0 Å². The first-order chi connectivity index (χ1) is 8.66. The number of aliphatic carboxylic acids is 1. The van der Waals surface area contributed by atoms with Gasteiger partial charge in [0, 0.05) is 26.1 Å². The first kappa shape index (κ1) is 13.3. The van der Waals surface area contributed by atoms with Crippen LogP contribution in [0.5, 0.6) is 0 Å². The maximum atomic E-state index is 12.3. The van der Waals surface area contributed by atoms with Crippen LogP contribution in [-0.4, -0.2) is 48.1 Å². The third-order valence-electron chi connectivity index (χ3n) is 4.04. The molecular weight excluding hydrogens is 232 g/mol. The molecule has 2 heterocycles. The summed E-state index contributed by atoms with van der Waals surface area (Å²) in [6, 6.07) is 0. The highest BCUT2D eigenvalue weighted by Crippen LogP contribution is 2.23. The highest BCUT2D eigenvalue weighted by Gasteiger charge is 2.29. The molecule has 1 atom stereocenters. The van der Waals surface area contributed by atoms with Gasteiger partial charge in [-0.25, -0.2) is 0 Å². The Morgan fingerprint density at radius 2 is 1.94 bits per heavy atom. The molecule has 0 bridgehead atoms. The van der Waals surface area contributed by atoms with Gasteiger partial charge in [-0.05, 0) is 38.1 Å². The number of carbonyl (C=O) groups is 2. The predicted molar refractivity (Wildman–Crippen MR) is 67.2 cm³/mol. The zero-order chi connectivity index (χ0) is 13.0. The molecule has 18 heavy (non-hydrogen) atoms. The van der Waals surface area contributed by atoms with Crippen molar-refractivity contribution in [2.45, 2.75) is 32.1 Å². The molecule has 0 aliphatic carbocycles. The van der Waals surface area contributed by atoms with E-state index in [1.54, 1.807) is 0 Å². The van der Waals surface area contributed by atoms with E-state index < -0.39 is 5.97 Å². The van der Waals surface area contributed by atoms with Crippen molar-refractivity contribution in [3.05, 3.63) is 0 Å². The fraction of sp³-hybridized carbons (Fsp3) is 0.846. The van der Waals surface area contributed by atoms with E-state index in [4.69, 9.17) is 5.11 Å². The lowest BCUT2D eigenvalue weighted by molar-refractivity contribution is -0.139. The summed E-state index contributed by atoms with van der Waals surface area (Å²) in [5.41, 5.74) is 0. The van der Waals surface area contributed by atoms with E-state index in [9.17, 15) is 9.59 Å². The molecule has 0 radical (unpaired) electrons. The predicted octanol–water partition coefficient (Wildman–Crippen LogP) is 0.699. The Kier molecular flexibility index (Phi) is 4.58. The van der Waals surface area contributed by atoms with Gasteiger partial charge in [0.05, 0.1) is 5.92 Å². The summed E-state index contributed by atoms with van der Waals surface area (Å²) >= 11 is 0. The minimum Gasteiger partial charge on any atom is -0.481 e. The smallest absolute Gasteiger partial charge is 0.303 e. The number of rotatable bonds is 3. The summed E-state index contributed by atoms with van der Waals surface area (Å²) in [7, 11) is 0. The summed E-state index contributed by atoms with van der Waals surface area (Å²) < 4.78 is 0. The number of nitrogens with zero attached hydrogens (tertiary/aromatic N) is 1. The normalized spacial score (nSPS) is 26.0. The third kappa shape index (κ3) is 3.45. The van der Waals surface area contributed by atoms with Gasteiger partial charge in [-0.3, -0.25) is 9.59 Å². The van der Waals surface area contributed by atoms with E-state index in [0.29, 0.717) is 0 Å².